The number of hydrogen-bond donors (Lipinski definition) is 3. The molecule has 1 aliphatic carbocycles. The van der Waals surface area contributed by atoms with E-state index in [4.69, 9.17) is 4.98 Å². The lowest BCUT2D eigenvalue weighted by atomic mass is 9.93. The zero-order chi connectivity index (χ0) is 23.8. The predicted octanol–water partition coefficient (Wildman–Crippen LogP) is 6.03. The molecule has 0 spiro atoms. The van der Waals surface area contributed by atoms with Gasteiger partial charge in [-0.3, -0.25) is 4.90 Å². The first-order valence-corrected chi connectivity index (χ1v) is 11.8. The van der Waals surface area contributed by atoms with Gasteiger partial charge in [-0.15, -0.1) is 0 Å². The molecule has 6 nitrogen and oxygen atoms in total. The number of rotatable bonds is 6. The van der Waals surface area contributed by atoms with Gasteiger partial charge in [0.15, 0.2) is 0 Å². The van der Waals surface area contributed by atoms with Crippen LogP contribution < -0.4 is 5.32 Å². The number of carbonyl (C=O) groups is 1. The molecule has 1 fully saturated rings. The number of benzene rings is 2. The number of nitrogens with zero attached hydrogens (tertiary/aromatic N) is 2. The number of pyridine rings is 1. The van der Waals surface area contributed by atoms with Crippen molar-refractivity contribution in [1.29, 1.82) is 0 Å². The highest BCUT2D eigenvalue weighted by molar-refractivity contribution is 5.99. The second-order valence-corrected chi connectivity index (χ2v) is 9.26. The van der Waals surface area contributed by atoms with Gasteiger partial charge < -0.3 is 15.4 Å². The molecule has 0 aliphatic heterocycles. The summed E-state index contributed by atoms with van der Waals surface area (Å²) in [7, 11) is 3.88. The molecule has 1 saturated carbocycles. The van der Waals surface area contributed by atoms with Crippen LogP contribution in [0.25, 0.3) is 33.2 Å². The molecule has 0 unspecified atom stereocenters. The van der Waals surface area contributed by atoms with Gasteiger partial charge in [0.2, 0.25) is 0 Å². The Labute approximate surface area is 197 Å². The first-order valence-electron chi connectivity index (χ1n) is 11.8. The molecule has 7 heteroatoms. The van der Waals surface area contributed by atoms with Gasteiger partial charge in [0.05, 0.1) is 27.8 Å². The van der Waals surface area contributed by atoms with Gasteiger partial charge >= 0.3 is 5.97 Å². The van der Waals surface area contributed by atoms with E-state index in [0.717, 1.165) is 27.9 Å². The number of aromatic carboxylic acids is 1. The third kappa shape index (κ3) is 4.23. The Morgan fingerprint density at radius 2 is 1.97 bits per heavy atom. The van der Waals surface area contributed by atoms with Crippen molar-refractivity contribution in [3.05, 3.63) is 59.4 Å². The summed E-state index contributed by atoms with van der Waals surface area (Å²) in [4.78, 5) is 22.2. The van der Waals surface area contributed by atoms with E-state index in [1.165, 1.54) is 44.2 Å². The number of carboxylic acids is 1. The van der Waals surface area contributed by atoms with E-state index in [1.807, 2.05) is 18.2 Å². The minimum Gasteiger partial charge on any atom is -0.478 e. The zero-order valence-corrected chi connectivity index (χ0v) is 19.5. The van der Waals surface area contributed by atoms with Gasteiger partial charge in [-0.1, -0.05) is 25.3 Å². The maximum absolute atomic E-state index is 14.1. The number of hydrogen-bond acceptors (Lipinski definition) is 4. The number of halogens is 1. The van der Waals surface area contributed by atoms with Crippen LogP contribution in [-0.2, 0) is 6.54 Å². The van der Waals surface area contributed by atoms with Crippen molar-refractivity contribution in [3.8, 4) is 11.3 Å². The van der Waals surface area contributed by atoms with Crippen molar-refractivity contribution in [2.75, 3.05) is 19.4 Å². The monoisotopic (exact) mass is 460 g/mol. The first-order chi connectivity index (χ1) is 16.4. The summed E-state index contributed by atoms with van der Waals surface area (Å²) in [5, 5.41) is 13.3. The van der Waals surface area contributed by atoms with Crippen molar-refractivity contribution in [3.63, 3.8) is 0 Å². The Kier molecular flexibility index (Phi) is 5.96. The molecule has 176 valence electrons. The highest BCUT2D eigenvalue weighted by Gasteiger charge is 2.21. The van der Waals surface area contributed by atoms with Gasteiger partial charge in [0, 0.05) is 36.3 Å². The third-order valence-corrected chi connectivity index (χ3v) is 6.99. The van der Waals surface area contributed by atoms with E-state index >= 15 is 0 Å². The highest BCUT2D eigenvalue weighted by atomic mass is 19.1. The van der Waals surface area contributed by atoms with Gasteiger partial charge in [-0.05, 0) is 61.9 Å². The summed E-state index contributed by atoms with van der Waals surface area (Å²) in [5.74, 6) is -1.25. The van der Waals surface area contributed by atoms with Crippen molar-refractivity contribution in [2.24, 2.45) is 0 Å². The predicted molar refractivity (Wildman–Crippen MR) is 134 cm³/mol. The fourth-order valence-electron chi connectivity index (χ4n) is 5.17. The van der Waals surface area contributed by atoms with Crippen molar-refractivity contribution < 1.29 is 14.3 Å². The molecule has 0 bridgehead atoms. The Balaban J connectivity index is 1.58. The summed E-state index contributed by atoms with van der Waals surface area (Å²) in [6.07, 6.45) is 6.13. The first kappa shape index (κ1) is 22.3. The SMILES string of the molecule is CNc1cc(F)cc2cc3[nH]c(-c4ccc(C(=O)O)cc4CN(C)C4CCCCC4)cc3nc12. The molecule has 34 heavy (non-hydrogen) atoms. The topological polar surface area (TPSA) is 81.2 Å². The average molecular weight is 461 g/mol. The highest BCUT2D eigenvalue weighted by Crippen LogP contribution is 2.32. The minimum absolute atomic E-state index is 0.282. The lowest BCUT2D eigenvalue weighted by molar-refractivity contribution is 0.0696. The molecule has 4 aromatic rings. The molecule has 3 N–H and O–H groups in total. The molecule has 2 aromatic heterocycles. The number of H-pyrrole nitrogens is 1. The Morgan fingerprint density at radius 3 is 2.71 bits per heavy atom. The smallest absolute Gasteiger partial charge is 0.335 e. The normalized spacial score (nSPS) is 14.8. The van der Waals surface area contributed by atoms with E-state index in [2.05, 4.69) is 22.2 Å². The van der Waals surface area contributed by atoms with E-state index in [9.17, 15) is 14.3 Å². The van der Waals surface area contributed by atoms with Crippen molar-refractivity contribution in [1.82, 2.24) is 14.9 Å². The quantitative estimate of drug-likeness (QED) is 0.327. The molecule has 5 rings (SSSR count). The maximum Gasteiger partial charge on any atom is 0.335 e. The van der Waals surface area contributed by atoms with Crippen LogP contribution in [0.4, 0.5) is 10.1 Å². The van der Waals surface area contributed by atoms with Crippen LogP contribution in [0.3, 0.4) is 0 Å². The maximum atomic E-state index is 14.1. The van der Waals surface area contributed by atoms with Crippen LogP contribution in [0.2, 0.25) is 0 Å². The summed E-state index contributed by atoms with van der Waals surface area (Å²) in [6, 6.07) is 12.6. The summed E-state index contributed by atoms with van der Waals surface area (Å²) in [5.41, 5.74) is 6.00. The Hall–Kier alpha value is -3.45. The number of aromatic nitrogens is 2. The van der Waals surface area contributed by atoms with E-state index in [0.29, 0.717) is 29.2 Å². The number of nitrogens with one attached hydrogen (secondary N) is 2. The number of anilines is 1. The number of fused-ring (bicyclic) bond motifs is 2. The molecular weight excluding hydrogens is 431 g/mol. The zero-order valence-electron chi connectivity index (χ0n) is 19.5. The summed E-state index contributed by atoms with van der Waals surface area (Å²) < 4.78 is 14.1. The van der Waals surface area contributed by atoms with Crippen LogP contribution in [0.1, 0.15) is 48.0 Å². The molecule has 1 aliphatic rings. The average Bonchev–Trinajstić information content (AvgIpc) is 3.25. The fourth-order valence-corrected chi connectivity index (χ4v) is 5.17. The molecule has 2 aromatic carbocycles. The van der Waals surface area contributed by atoms with Gasteiger partial charge in [0.1, 0.15) is 5.82 Å². The third-order valence-electron chi connectivity index (χ3n) is 6.99. The van der Waals surface area contributed by atoms with E-state index in [1.54, 1.807) is 19.2 Å². The molecule has 0 amide bonds. The van der Waals surface area contributed by atoms with Gasteiger partial charge in [-0.25, -0.2) is 14.2 Å². The molecule has 0 saturated heterocycles. The Morgan fingerprint density at radius 1 is 1.18 bits per heavy atom. The minimum atomic E-state index is -0.931. The number of aromatic amines is 1. The fraction of sp³-hybridized carbons (Fsp3) is 0.333. The van der Waals surface area contributed by atoms with Crippen LogP contribution in [0, 0.1) is 5.82 Å². The molecule has 2 heterocycles. The largest absolute Gasteiger partial charge is 0.478 e. The molecule has 0 radical (unpaired) electrons. The lowest BCUT2D eigenvalue weighted by Crippen LogP contribution is -2.33. The van der Waals surface area contributed by atoms with Crippen molar-refractivity contribution in [2.45, 2.75) is 44.7 Å². The van der Waals surface area contributed by atoms with Crippen LogP contribution in [-0.4, -0.2) is 46.1 Å². The van der Waals surface area contributed by atoms with Gasteiger partial charge in [0.25, 0.3) is 0 Å². The second kappa shape index (κ2) is 9.06. The summed E-state index contributed by atoms with van der Waals surface area (Å²) in [6.45, 7) is 0.668. The van der Waals surface area contributed by atoms with Crippen LogP contribution in [0.15, 0.2) is 42.5 Å². The standard InChI is InChI=1S/C27H29FN4O2/c1-29-25-13-19(28)11-17-12-23-24(31-26(17)25)14-22(30-23)21-9-8-16(27(33)34)10-18(21)15-32(2)20-6-4-3-5-7-20/h8-14,20,29-30H,3-7,15H2,1-2H3,(H,33,34). The van der Waals surface area contributed by atoms with Crippen LogP contribution in [0.5, 0.6) is 0 Å². The Bertz CT molecular complexity index is 1370. The van der Waals surface area contributed by atoms with Crippen LogP contribution >= 0.6 is 0 Å². The summed E-state index contributed by atoms with van der Waals surface area (Å²) >= 11 is 0. The second-order valence-electron chi connectivity index (χ2n) is 9.26. The van der Waals surface area contributed by atoms with E-state index < -0.39 is 5.97 Å². The van der Waals surface area contributed by atoms with Crippen molar-refractivity contribution >= 4 is 33.6 Å². The lowest BCUT2D eigenvalue weighted by Gasteiger charge is -2.31. The molecular formula is C27H29FN4O2. The van der Waals surface area contributed by atoms with Gasteiger partial charge in [-0.2, -0.15) is 0 Å². The number of carboxylic acid groups (broad SMARTS) is 1. The molecule has 0 atom stereocenters. The van der Waals surface area contributed by atoms with E-state index in [-0.39, 0.29) is 11.4 Å².